The number of esters is 1. The lowest BCUT2D eigenvalue weighted by atomic mass is 9.94. The Labute approximate surface area is 282 Å². The lowest BCUT2D eigenvalue weighted by Gasteiger charge is -2.43. The number of aliphatic carboxylic acids is 1. The molecule has 2 fully saturated rings. The Morgan fingerprint density at radius 2 is 1.71 bits per heavy atom. The van der Waals surface area contributed by atoms with Crippen molar-refractivity contribution in [3.8, 4) is 11.5 Å². The molecule has 2 aliphatic heterocycles. The number of ether oxygens (including phenoxy) is 2. The molecule has 2 aromatic rings. The van der Waals surface area contributed by atoms with Crippen molar-refractivity contribution < 1.29 is 48.1 Å². The molecule has 15 heteroatoms. The third kappa shape index (κ3) is 9.89. The van der Waals surface area contributed by atoms with Crippen LogP contribution in [0.25, 0.3) is 0 Å². The van der Waals surface area contributed by atoms with Crippen LogP contribution in [-0.4, -0.2) is 87.9 Å². The predicted molar refractivity (Wildman–Crippen MR) is 174 cm³/mol. The number of hydrazine groups is 1. The number of carbonyl (C=O) groups is 7. The number of ketones is 1. The van der Waals surface area contributed by atoms with Crippen LogP contribution in [0.4, 0.5) is 10.5 Å². The molecule has 0 radical (unpaired) electrons. The van der Waals surface area contributed by atoms with Gasteiger partial charge in [0.2, 0.25) is 11.8 Å². The van der Waals surface area contributed by atoms with Crippen molar-refractivity contribution >= 4 is 47.2 Å². The average molecular weight is 678 g/mol. The summed E-state index contributed by atoms with van der Waals surface area (Å²) in [5.74, 6) is -4.56. The van der Waals surface area contributed by atoms with E-state index >= 15 is 0 Å². The molecule has 0 bridgehead atoms. The molecule has 0 aromatic heterocycles. The minimum absolute atomic E-state index is 0.000108. The van der Waals surface area contributed by atoms with Gasteiger partial charge in [0.25, 0.3) is 5.91 Å². The third-order valence-electron chi connectivity index (χ3n) is 8.00. The molecule has 5 amide bonds. The number of Topliss-reactive ketones (excluding diaryl/α,β-unsaturated/α-hetero) is 1. The van der Waals surface area contributed by atoms with Crippen LogP contribution in [0.2, 0.25) is 0 Å². The number of fused-ring (bicyclic) bond motifs is 1. The summed E-state index contributed by atoms with van der Waals surface area (Å²) in [4.78, 5) is 89.8. The molecule has 2 heterocycles. The van der Waals surface area contributed by atoms with E-state index in [-0.39, 0.29) is 38.6 Å². The van der Waals surface area contributed by atoms with Crippen molar-refractivity contribution in [2.75, 3.05) is 18.5 Å². The number of carboxylic acids is 1. The van der Waals surface area contributed by atoms with Crippen LogP contribution in [0, 0.1) is 5.92 Å². The standard InChI is InChI=1S/C34H39N5O10/c1-3-8-22(33(45)46)19-27(29(41)20-48-21(2)40)36-31(43)28-11-7-18-38-30(42)17-16-26(32(44)39(28)38)37-34(47)35-23-12-14-25(15-13-23)49-24-9-5-4-6-10-24/h3-6,9-10,12-15,22,26-28H,1,7-8,11,16-20H2,2H3,(H,36,43)(H,45,46)(H2,35,37,47)/t22?,26-,27-,28-/m0/s1. The van der Waals surface area contributed by atoms with E-state index in [1.807, 2.05) is 18.2 Å². The van der Waals surface area contributed by atoms with E-state index in [0.717, 1.165) is 11.9 Å². The Bertz CT molecular complexity index is 1560. The molecule has 0 saturated carbocycles. The van der Waals surface area contributed by atoms with Gasteiger partial charge in [-0.15, -0.1) is 6.58 Å². The molecule has 4 rings (SSSR count). The first-order chi connectivity index (χ1) is 23.5. The SMILES string of the molecule is C=CCC(C[C@H](NC(=O)[C@@H]1CCCN2C(=O)CC[C@H](NC(=O)Nc3ccc(Oc4ccccc4)cc3)C(=O)N12)C(=O)COC(C)=O)C(=O)O. The lowest BCUT2D eigenvalue weighted by molar-refractivity contribution is -0.176. The highest BCUT2D eigenvalue weighted by Gasteiger charge is 2.45. The summed E-state index contributed by atoms with van der Waals surface area (Å²) in [6.07, 6.45) is 1.40. The second-order valence-electron chi connectivity index (χ2n) is 11.6. The van der Waals surface area contributed by atoms with Gasteiger partial charge in [-0.25, -0.2) is 9.80 Å². The zero-order valence-corrected chi connectivity index (χ0v) is 27.0. The number of anilines is 1. The number of amides is 5. The number of nitrogens with zero attached hydrogens (tertiary/aromatic N) is 2. The molecule has 2 aliphatic rings. The maximum absolute atomic E-state index is 13.9. The van der Waals surface area contributed by atoms with Gasteiger partial charge in [-0.3, -0.25) is 33.8 Å². The maximum Gasteiger partial charge on any atom is 0.319 e. The number of hydrogen-bond acceptors (Lipinski definition) is 9. The van der Waals surface area contributed by atoms with Crippen LogP contribution < -0.4 is 20.7 Å². The summed E-state index contributed by atoms with van der Waals surface area (Å²) >= 11 is 0. The fourth-order valence-electron chi connectivity index (χ4n) is 5.56. The second-order valence-corrected chi connectivity index (χ2v) is 11.6. The second kappa shape index (κ2) is 16.9. The molecule has 4 N–H and O–H groups in total. The van der Waals surface area contributed by atoms with Gasteiger partial charge in [0.1, 0.15) is 23.6 Å². The van der Waals surface area contributed by atoms with Crippen molar-refractivity contribution in [1.82, 2.24) is 20.7 Å². The molecule has 260 valence electrons. The Kier molecular flexibility index (Phi) is 12.5. The minimum atomic E-state index is -1.38. The highest BCUT2D eigenvalue weighted by atomic mass is 16.5. The summed E-state index contributed by atoms with van der Waals surface area (Å²) in [7, 11) is 0. The van der Waals surface area contributed by atoms with Crippen LogP contribution in [0.5, 0.6) is 11.5 Å². The average Bonchev–Trinajstić information content (AvgIpc) is 3.19. The quantitative estimate of drug-likeness (QED) is 0.170. The summed E-state index contributed by atoms with van der Waals surface area (Å²) in [5.41, 5.74) is 0.410. The van der Waals surface area contributed by atoms with Gasteiger partial charge in [0.15, 0.2) is 12.4 Å². The van der Waals surface area contributed by atoms with Crippen molar-refractivity contribution in [2.45, 2.75) is 63.6 Å². The largest absolute Gasteiger partial charge is 0.481 e. The van der Waals surface area contributed by atoms with Crippen LogP contribution in [0.3, 0.4) is 0 Å². The first-order valence-electron chi connectivity index (χ1n) is 15.8. The normalized spacial score (nSPS) is 18.6. The number of para-hydroxylation sites is 1. The topological polar surface area (TPSA) is 201 Å². The van der Waals surface area contributed by atoms with Gasteiger partial charge < -0.3 is 30.5 Å². The predicted octanol–water partition coefficient (Wildman–Crippen LogP) is 2.78. The zero-order valence-electron chi connectivity index (χ0n) is 27.0. The van der Waals surface area contributed by atoms with E-state index in [1.54, 1.807) is 36.4 Å². The van der Waals surface area contributed by atoms with E-state index in [4.69, 9.17) is 9.47 Å². The van der Waals surface area contributed by atoms with Gasteiger partial charge in [-0.05, 0) is 68.5 Å². The molecule has 49 heavy (non-hydrogen) atoms. The number of benzene rings is 2. The Morgan fingerprint density at radius 3 is 2.37 bits per heavy atom. The van der Waals surface area contributed by atoms with Crippen molar-refractivity contribution in [2.24, 2.45) is 5.92 Å². The number of nitrogens with one attached hydrogen (secondary N) is 3. The number of carboxylic acid groups (broad SMARTS) is 1. The van der Waals surface area contributed by atoms with Gasteiger partial charge in [-0.2, -0.15) is 0 Å². The molecule has 2 aromatic carbocycles. The van der Waals surface area contributed by atoms with E-state index in [2.05, 4.69) is 22.5 Å². The van der Waals surface area contributed by atoms with Gasteiger partial charge in [0.05, 0.1) is 12.0 Å². The molecule has 15 nitrogen and oxygen atoms in total. The Morgan fingerprint density at radius 1 is 1.02 bits per heavy atom. The van der Waals surface area contributed by atoms with Crippen molar-refractivity contribution in [3.63, 3.8) is 0 Å². The van der Waals surface area contributed by atoms with Crippen molar-refractivity contribution in [3.05, 3.63) is 67.3 Å². The van der Waals surface area contributed by atoms with Gasteiger partial charge >= 0.3 is 18.0 Å². The van der Waals surface area contributed by atoms with Gasteiger partial charge in [0, 0.05) is 25.6 Å². The highest BCUT2D eigenvalue weighted by molar-refractivity contribution is 5.98. The molecular formula is C34H39N5O10. The number of rotatable bonds is 14. The summed E-state index contributed by atoms with van der Waals surface area (Å²) in [5, 5.41) is 19.6. The van der Waals surface area contributed by atoms with Crippen molar-refractivity contribution in [1.29, 1.82) is 0 Å². The highest BCUT2D eigenvalue weighted by Crippen LogP contribution is 2.26. The van der Waals surface area contributed by atoms with E-state index < -0.39 is 72.1 Å². The summed E-state index contributed by atoms with van der Waals surface area (Å²) in [6.45, 7) is 4.08. The van der Waals surface area contributed by atoms with Crippen LogP contribution in [0.15, 0.2) is 67.3 Å². The zero-order chi connectivity index (χ0) is 35.5. The molecule has 0 aliphatic carbocycles. The number of hydrogen-bond donors (Lipinski definition) is 4. The minimum Gasteiger partial charge on any atom is -0.481 e. The number of urea groups is 1. The van der Waals surface area contributed by atoms with E-state index in [9.17, 15) is 38.7 Å². The molecule has 1 unspecified atom stereocenters. The van der Waals surface area contributed by atoms with Crippen LogP contribution in [-0.2, 0) is 33.5 Å². The maximum atomic E-state index is 13.9. The third-order valence-corrected chi connectivity index (χ3v) is 8.00. The van der Waals surface area contributed by atoms with E-state index in [1.165, 1.54) is 11.1 Å². The monoisotopic (exact) mass is 677 g/mol. The number of carbonyl (C=O) groups excluding carboxylic acids is 6. The summed E-state index contributed by atoms with van der Waals surface area (Å²) in [6, 6.07) is 11.2. The Hall–Kier alpha value is -5.73. The molecule has 2 saturated heterocycles. The Balaban J connectivity index is 1.46. The van der Waals surface area contributed by atoms with E-state index in [0.29, 0.717) is 23.6 Å². The smallest absolute Gasteiger partial charge is 0.319 e. The fourth-order valence-corrected chi connectivity index (χ4v) is 5.56. The number of allylic oxidation sites excluding steroid dienone is 1. The first-order valence-corrected chi connectivity index (χ1v) is 15.8. The molecule has 0 spiro atoms. The van der Waals surface area contributed by atoms with Gasteiger partial charge in [-0.1, -0.05) is 24.3 Å². The van der Waals surface area contributed by atoms with Crippen LogP contribution in [0.1, 0.15) is 45.4 Å². The molecular weight excluding hydrogens is 638 g/mol. The lowest BCUT2D eigenvalue weighted by Crippen LogP contribution is -2.64. The fraction of sp³-hybridized carbons (Fsp3) is 0.382. The molecule has 4 atom stereocenters. The summed E-state index contributed by atoms with van der Waals surface area (Å²) < 4.78 is 10.6. The van der Waals surface area contributed by atoms with Crippen LogP contribution >= 0.6 is 0 Å². The first kappa shape index (κ1) is 36.1.